The molecule has 0 radical (unpaired) electrons. The van der Waals surface area contributed by atoms with Crippen LogP contribution in [0.2, 0.25) is 5.02 Å². The number of hydrogen-bond acceptors (Lipinski definition) is 4. The van der Waals surface area contributed by atoms with Crippen LogP contribution in [0.25, 0.3) is 11.3 Å². The molecule has 0 bridgehead atoms. The lowest BCUT2D eigenvalue weighted by molar-refractivity contribution is 0.0850. The van der Waals surface area contributed by atoms with Crippen LogP contribution in [0.4, 0.5) is 0 Å². The van der Waals surface area contributed by atoms with E-state index in [0.717, 1.165) is 25.0 Å². The zero-order chi connectivity index (χ0) is 14.7. The van der Waals surface area contributed by atoms with Crippen LogP contribution < -0.4 is 5.32 Å². The number of nitrogens with one attached hydrogen (secondary N) is 1. The van der Waals surface area contributed by atoms with E-state index in [1.54, 1.807) is 18.2 Å². The van der Waals surface area contributed by atoms with Crippen LogP contribution in [0.1, 0.15) is 23.3 Å². The fourth-order valence-corrected chi connectivity index (χ4v) is 2.36. The smallest absolute Gasteiger partial charge is 0.273 e. The Hall–Kier alpha value is -1.85. The summed E-state index contributed by atoms with van der Waals surface area (Å²) < 4.78 is 10.7. The van der Waals surface area contributed by atoms with Gasteiger partial charge in [-0.05, 0) is 37.1 Å². The third-order valence-electron chi connectivity index (χ3n) is 3.39. The molecule has 5 nitrogen and oxygen atoms in total. The number of hydrogen-bond donors (Lipinski definition) is 1. The summed E-state index contributed by atoms with van der Waals surface area (Å²) in [5, 5.41) is 7.25. The summed E-state index contributed by atoms with van der Waals surface area (Å²) in [7, 11) is 0. The van der Waals surface area contributed by atoms with Crippen molar-refractivity contribution in [3.8, 4) is 11.3 Å². The van der Waals surface area contributed by atoms with Crippen molar-refractivity contribution in [3.05, 3.63) is 41.0 Å². The number of aromatic nitrogens is 1. The summed E-state index contributed by atoms with van der Waals surface area (Å²) in [6, 6.07) is 8.77. The summed E-state index contributed by atoms with van der Waals surface area (Å²) in [4.78, 5) is 12.0. The number of halogens is 1. The van der Waals surface area contributed by atoms with Gasteiger partial charge in [0.25, 0.3) is 5.91 Å². The van der Waals surface area contributed by atoms with Gasteiger partial charge < -0.3 is 14.6 Å². The summed E-state index contributed by atoms with van der Waals surface area (Å²) in [5.41, 5.74) is 1.09. The van der Waals surface area contributed by atoms with E-state index in [1.165, 1.54) is 0 Å². The Bertz CT molecular complexity index is 618. The highest BCUT2D eigenvalue weighted by atomic mass is 35.5. The highest BCUT2D eigenvalue weighted by Crippen LogP contribution is 2.22. The molecule has 1 amide bonds. The van der Waals surface area contributed by atoms with Crippen molar-refractivity contribution in [2.45, 2.75) is 18.9 Å². The first-order valence-electron chi connectivity index (χ1n) is 6.85. The fraction of sp³-hybridized carbons (Fsp3) is 0.333. The van der Waals surface area contributed by atoms with E-state index in [1.807, 2.05) is 12.1 Å². The molecule has 1 aromatic carbocycles. The molecule has 21 heavy (non-hydrogen) atoms. The molecule has 2 heterocycles. The molecule has 110 valence electrons. The van der Waals surface area contributed by atoms with Crippen molar-refractivity contribution < 1.29 is 14.1 Å². The zero-order valence-corrected chi connectivity index (χ0v) is 12.1. The molecule has 1 aliphatic rings. The van der Waals surface area contributed by atoms with Gasteiger partial charge >= 0.3 is 0 Å². The Morgan fingerprint density at radius 2 is 2.19 bits per heavy atom. The van der Waals surface area contributed by atoms with E-state index in [9.17, 15) is 4.79 Å². The van der Waals surface area contributed by atoms with Crippen LogP contribution in [0.5, 0.6) is 0 Å². The Kier molecular flexibility index (Phi) is 4.22. The Balaban J connectivity index is 1.63. The highest BCUT2D eigenvalue weighted by Gasteiger charge is 2.18. The molecule has 1 fully saturated rings. The molecule has 1 aromatic heterocycles. The molecule has 0 aliphatic carbocycles. The summed E-state index contributed by atoms with van der Waals surface area (Å²) >= 11 is 5.84. The van der Waals surface area contributed by atoms with Crippen LogP contribution >= 0.6 is 11.6 Å². The van der Waals surface area contributed by atoms with Crippen molar-refractivity contribution in [1.82, 2.24) is 10.5 Å². The van der Waals surface area contributed by atoms with E-state index in [0.29, 0.717) is 17.3 Å². The fourth-order valence-electron chi connectivity index (χ4n) is 2.23. The first kappa shape index (κ1) is 14.1. The van der Waals surface area contributed by atoms with Crippen molar-refractivity contribution in [2.75, 3.05) is 13.2 Å². The molecule has 1 atom stereocenters. The second-order valence-electron chi connectivity index (χ2n) is 4.93. The van der Waals surface area contributed by atoms with Gasteiger partial charge in [-0.15, -0.1) is 0 Å². The van der Waals surface area contributed by atoms with Crippen LogP contribution in [0, 0.1) is 0 Å². The number of amides is 1. The van der Waals surface area contributed by atoms with Crippen LogP contribution in [-0.4, -0.2) is 30.3 Å². The third kappa shape index (κ3) is 3.43. The van der Waals surface area contributed by atoms with Gasteiger partial charge in [0.15, 0.2) is 11.5 Å². The van der Waals surface area contributed by atoms with Crippen molar-refractivity contribution >= 4 is 17.5 Å². The van der Waals surface area contributed by atoms with Crippen molar-refractivity contribution in [1.29, 1.82) is 0 Å². The van der Waals surface area contributed by atoms with Gasteiger partial charge in [-0.1, -0.05) is 16.8 Å². The van der Waals surface area contributed by atoms with E-state index in [-0.39, 0.29) is 17.7 Å². The second kappa shape index (κ2) is 6.28. The van der Waals surface area contributed by atoms with E-state index >= 15 is 0 Å². The molecule has 1 N–H and O–H groups in total. The standard InChI is InChI=1S/C15H15ClN2O3/c16-11-5-3-10(4-6-11)14-8-13(18-21-14)15(19)17-9-12-2-1-7-20-12/h3-6,8,12H,1-2,7,9H2,(H,17,19)/t12-/m0/s1. The molecule has 6 heteroatoms. The van der Waals surface area contributed by atoms with E-state index in [4.69, 9.17) is 20.9 Å². The van der Waals surface area contributed by atoms with Gasteiger partial charge in [-0.25, -0.2) is 0 Å². The number of rotatable bonds is 4. The van der Waals surface area contributed by atoms with Gasteiger partial charge in [0.1, 0.15) is 0 Å². The maximum atomic E-state index is 12.0. The van der Waals surface area contributed by atoms with Crippen LogP contribution in [0.15, 0.2) is 34.9 Å². The molecule has 1 saturated heterocycles. The topological polar surface area (TPSA) is 64.4 Å². The maximum Gasteiger partial charge on any atom is 0.273 e. The molecular weight excluding hydrogens is 292 g/mol. The van der Waals surface area contributed by atoms with E-state index < -0.39 is 0 Å². The number of carbonyl (C=O) groups is 1. The lowest BCUT2D eigenvalue weighted by Gasteiger charge is -2.09. The van der Waals surface area contributed by atoms with Crippen LogP contribution in [0.3, 0.4) is 0 Å². The average molecular weight is 307 g/mol. The average Bonchev–Trinajstić information content (AvgIpc) is 3.17. The van der Waals surface area contributed by atoms with Crippen LogP contribution in [-0.2, 0) is 4.74 Å². The van der Waals surface area contributed by atoms with Gasteiger partial charge in [-0.3, -0.25) is 4.79 Å². The normalized spacial score (nSPS) is 17.9. The first-order valence-corrected chi connectivity index (χ1v) is 7.22. The predicted molar refractivity (Wildman–Crippen MR) is 78.3 cm³/mol. The summed E-state index contributed by atoms with van der Waals surface area (Å²) in [6.07, 6.45) is 2.14. The summed E-state index contributed by atoms with van der Waals surface area (Å²) in [6.45, 7) is 1.27. The molecular formula is C15H15ClN2O3. The molecule has 0 unspecified atom stereocenters. The van der Waals surface area contributed by atoms with Crippen molar-refractivity contribution in [2.24, 2.45) is 0 Å². The number of benzene rings is 1. The second-order valence-corrected chi connectivity index (χ2v) is 5.36. The Morgan fingerprint density at radius 3 is 2.90 bits per heavy atom. The van der Waals surface area contributed by atoms with E-state index in [2.05, 4.69) is 10.5 Å². The van der Waals surface area contributed by atoms with Gasteiger partial charge in [-0.2, -0.15) is 0 Å². The molecule has 0 saturated carbocycles. The summed E-state index contributed by atoms with van der Waals surface area (Å²) in [5.74, 6) is 0.281. The largest absolute Gasteiger partial charge is 0.376 e. The van der Waals surface area contributed by atoms with Crippen molar-refractivity contribution in [3.63, 3.8) is 0 Å². The number of nitrogens with zero attached hydrogens (tertiary/aromatic N) is 1. The van der Waals surface area contributed by atoms with Gasteiger partial charge in [0.2, 0.25) is 0 Å². The monoisotopic (exact) mass is 306 g/mol. The Morgan fingerprint density at radius 1 is 1.38 bits per heavy atom. The lowest BCUT2D eigenvalue weighted by Crippen LogP contribution is -2.31. The highest BCUT2D eigenvalue weighted by molar-refractivity contribution is 6.30. The molecule has 3 rings (SSSR count). The first-order chi connectivity index (χ1) is 10.2. The van der Waals surface area contributed by atoms with Gasteiger partial charge in [0.05, 0.1) is 6.10 Å². The number of carbonyl (C=O) groups excluding carboxylic acids is 1. The molecule has 0 spiro atoms. The maximum absolute atomic E-state index is 12.0. The Labute approximate surface area is 127 Å². The third-order valence-corrected chi connectivity index (χ3v) is 3.64. The minimum Gasteiger partial charge on any atom is -0.376 e. The predicted octanol–water partition coefficient (Wildman–Crippen LogP) is 2.90. The lowest BCUT2D eigenvalue weighted by atomic mass is 10.1. The quantitative estimate of drug-likeness (QED) is 0.943. The molecule has 1 aliphatic heterocycles. The minimum absolute atomic E-state index is 0.108. The SMILES string of the molecule is O=C(NC[C@@H]1CCCO1)c1cc(-c2ccc(Cl)cc2)on1. The zero-order valence-electron chi connectivity index (χ0n) is 11.3. The minimum atomic E-state index is -0.255. The number of ether oxygens (including phenoxy) is 1. The van der Waals surface area contributed by atoms with Gasteiger partial charge in [0, 0.05) is 29.8 Å². The molecule has 2 aromatic rings.